The van der Waals surface area contributed by atoms with E-state index in [1.807, 2.05) is 0 Å². The third-order valence-electron chi connectivity index (χ3n) is 3.79. The van der Waals surface area contributed by atoms with E-state index in [1.165, 1.54) is 49.8 Å². The summed E-state index contributed by atoms with van der Waals surface area (Å²) in [5, 5.41) is 3.28. The van der Waals surface area contributed by atoms with Crippen molar-refractivity contribution >= 4 is 15.6 Å². The fourth-order valence-electron chi connectivity index (χ4n) is 2.34. The van der Waals surface area contributed by atoms with Gasteiger partial charge in [0.25, 0.3) is 5.91 Å². The maximum absolute atomic E-state index is 12.8. The van der Waals surface area contributed by atoms with Gasteiger partial charge >= 0.3 is 12.1 Å². The molecular formula is C18H14F3N3O4S. The summed E-state index contributed by atoms with van der Waals surface area (Å²) in [6, 6.07) is 11.7. The van der Waals surface area contributed by atoms with Gasteiger partial charge in [0.1, 0.15) is 5.75 Å². The predicted molar refractivity (Wildman–Crippen MR) is 96.8 cm³/mol. The van der Waals surface area contributed by atoms with Gasteiger partial charge in [-0.1, -0.05) is 17.3 Å². The fourth-order valence-corrected chi connectivity index (χ4v) is 3.51. The molecule has 0 aliphatic rings. The van der Waals surface area contributed by atoms with Crippen LogP contribution in [0.15, 0.2) is 62.3 Å². The molecule has 1 unspecified atom stereocenters. The smallest absolute Gasteiger partial charge is 0.471 e. The van der Waals surface area contributed by atoms with Gasteiger partial charge in [0, 0.05) is 22.3 Å². The van der Waals surface area contributed by atoms with Crippen LogP contribution in [0.5, 0.6) is 5.75 Å². The highest BCUT2D eigenvalue weighted by molar-refractivity contribution is 7.93. The molecule has 0 fully saturated rings. The molecule has 0 aliphatic carbocycles. The molecule has 7 nitrogen and oxygen atoms in total. The number of hydrogen-bond donors (Lipinski definition) is 0. The molecule has 29 heavy (non-hydrogen) atoms. The Hall–Kier alpha value is -3.21. The van der Waals surface area contributed by atoms with Gasteiger partial charge in [0.05, 0.1) is 16.8 Å². The number of nitrogens with zero attached hydrogens (tertiary/aromatic N) is 3. The Labute approximate surface area is 163 Å². The molecule has 1 heterocycles. The lowest BCUT2D eigenvalue weighted by Crippen LogP contribution is -2.05. The van der Waals surface area contributed by atoms with Crippen molar-refractivity contribution < 1.29 is 31.4 Å². The van der Waals surface area contributed by atoms with Crippen LogP contribution in [0.25, 0.3) is 11.4 Å². The number of amides is 1. The molecule has 11 heteroatoms. The molecule has 0 spiro atoms. The van der Waals surface area contributed by atoms with Crippen molar-refractivity contribution in [3.8, 4) is 17.1 Å². The van der Waals surface area contributed by atoms with Crippen molar-refractivity contribution in [2.24, 2.45) is 4.36 Å². The van der Waals surface area contributed by atoms with Crippen LogP contribution in [-0.4, -0.2) is 33.6 Å². The number of rotatable bonds is 4. The number of aromatic nitrogens is 2. The highest BCUT2D eigenvalue weighted by Gasteiger charge is 2.38. The molecule has 0 aliphatic heterocycles. The predicted octanol–water partition coefficient (Wildman–Crippen LogP) is 4.06. The molecule has 3 rings (SSSR count). The van der Waals surface area contributed by atoms with E-state index in [9.17, 15) is 22.2 Å². The van der Waals surface area contributed by atoms with E-state index in [0.717, 1.165) is 0 Å². The van der Waals surface area contributed by atoms with E-state index < -0.39 is 27.7 Å². The summed E-state index contributed by atoms with van der Waals surface area (Å²) >= 11 is 0. The molecule has 0 saturated heterocycles. The first-order chi connectivity index (χ1) is 13.6. The van der Waals surface area contributed by atoms with E-state index in [-0.39, 0.29) is 17.0 Å². The number of alkyl halides is 3. The molecule has 0 bridgehead atoms. The molecule has 0 N–H and O–H groups in total. The third-order valence-corrected chi connectivity index (χ3v) is 5.45. The number of hydrogen-bond acceptors (Lipinski definition) is 6. The largest absolute Gasteiger partial charge is 0.497 e. The van der Waals surface area contributed by atoms with Crippen molar-refractivity contribution in [3.63, 3.8) is 0 Å². The first-order valence-electron chi connectivity index (χ1n) is 8.02. The lowest BCUT2D eigenvalue weighted by atomic mass is 10.1. The average molecular weight is 425 g/mol. The minimum atomic E-state index is -4.78. The maximum atomic E-state index is 12.8. The Morgan fingerprint density at radius 3 is 2.45 bits per heavy atom. The topological polar surface area (TPSA) is 94.7 Å². The lowest BCUT2D eigenvalue weighted by Gasteiger charge is -2.06. The van der Waals surface area contributed by atoms with Gasteiger partial charge in [-0.3, -0.25) is 4.79 Å². The molecule has 0 radical (unpaired) electrons. The summed E-state index contributed by atoms with van der Waals surface area (Å²) in [6.45, 7) is 0. The van der Waals surface area contributed by atoms with Crippen molar-refractivity contribution in [2.75, 3.05) is 13.4 Å². The van der Waals surface area contributed by atoms with Crippen LogP contribution in [0.2, 0.25) is 0 Å². The lowest BCUT2D eigenvalue weighted by molar-refractivity contribution is -0.159. The number of carbonyl (C=O) groups excluding carboxylic acids is 1. The van der Waals surface area contributed by atoms with E-state index >= 15 is 0 Å². The summed E-state index contributed by atoms with van der Waals surface area (Å²) < 4.78 is 63.7. The Bertz CT molecular complexity index is 1160. The SMILES string of the molecule is COc1ccc(S(C)(=O)=NC(=O)c2cccc(-c3noc(C(F)(F)F)n3)c2)cc1. The molecule has 0 saturated carbocycles. The fraction of sp³-hybridized carbons (Fsp3) is 0.167. The monoisotopic (exact) mass is 425 g/mol. The molecule has 2 aromatic carbocycles. The molecule has 1 aromatic heterocycles. The van der Waals surface area contributed by atoms with Crippen LogP contribution in [0.3, 0.4) is 0 Å². The number of methoxy groups -OCH3 is 1. The highest BCUT2D eigenvalue weighted by atomic mass is 32.2. The van der Waals surface area contributed by atoms with Crippen LogP contribution in [-0.2, 0) is 15.9 Å². The first kappa shape index (κ1) is 20.5. The van der Waals surface area contributed by atoms with E-state index in [1.54, 1.807) is 12.1 Å². The maximum Gasteiger partial charge on any atom is 0.471 e. The van der Waals surface area contributed by atoms with Gasteiger partial charge in [-0.25, -0.2) is 4.21 Å². The van der Waals surface area contributed by atoms with Crippen molar-refractivity contribution in [3.05, 3.63) is 60.0 Å². The zero-order chi connectivity index (χ0) is 21.2. The Morgan fingerprint density at radius 1 is 1.17 bits per heavy atom. The quantitative estimate of drug-likeness (QED) is 0.626. The Kier molecular flexibility index (Phi) is 5.42. The highest BCUT2D eigenvalue weighted by Crippen LogP contribution is 2.29. The number of benzene rings is 2. The molecule has 3 aromatic rings. The van der Waals surface area contributed by atoms with Gasteiger partial charge in [0.15, 0.2) is 0 Å². The number of ether oxygens (including phenoxy) is 1. The minimum absolute atomic E-state index is 0.0175. The normalized spacial score (nSPS) is 13.6. The van der Waals surface area contributed by atoms with Gasteiger partial charge in [-0.15, -0.1) is 0 Å². The third kappa shape index (κ3) is 4.62. The van der Waals surface area contributed by atoms with Crippen molar-refractivity contribution in [2.45, 2.75) is 11.1 Å². The summed E-state index contributed by atoms with van der Waals surface area (Å²) in [5.74, 6) is -2.07. The zero-order valence-corrected chi connectivity index (χ0v) is 16.0. The summed E-state index contributed by atoms with van der Waals surface area (Å²) in [6.07, 6.45) is -3.47. The Balaban J connectivity index is 1.91. The molecule has 152 valence electrons. The van der Waals surface area contributed by atoms with Crippen molar-refractivity contribution in [1.82, 2.24) is 10.1 Å². The standard InChI is InChI=1S/C18H14F3N3O4S/c1-27-13-6-8-14(9-7-13)29(2,26)24-16(25)12-5-3-4-11(10-12)15-22-17(28-23-15)18(19,20)21/h3-10H,1-2H3. The first-order valence-corrected chi connectivity index (χ1v) is 9.94. The summed E-state index contributed by atoms with van der Waals surface area (Å²) in [7, 11) is -1.57. The summed E-state index contributed by atoms with van der Waals surface area (Å²) in [4.78, 5) is 16.1. The van der Waals surface area contributed by atoms with Crippen LogP contribution in [0.4, 0.5) is 13.2 Å². The Morgan fingerprint density at radius 2 is 1.86 bits per heavy atom. The molecular weight excluding hydrogens is 411 g/mol. The van der Waals surface area contributed by atoms with Crippen molar-refractivity contribution in [1.29, 1.82) is 0 Å². The molecule has 1 amide bonds. The van der Waals surface area contributed by atoms with Gasteiger partial charge < -0.3 is 9.26 Å². The second kappa shape index (κ2) is 7.66. The van der Waals surface area contributed by atoms with Gasteiger partial charge in [0.2, 0.25) is 5.82 Å². The number of halogens is 3. The zero-order valence-electron chi connectivity index (χ0n) is 15.1. The van der Waals surface area contributed by atoms with Crippen LogP contribution >= 0.6 is 0 Å². The van der Waals surface area contributed by atoms with E-state index in [0.29, 0.717) is 10.6 Å². The van der Waals surface area contributed by atoms with E-state index in [2.05, 4.69) is 19.0 Å². The second-order valence-corrected chi connectivity index (χ2v) is 8.14. The van der Waals surface area contributed by atoms with Crippen LogP contribution in [0, 0.1) is 0 Å². The number of carbonyl (C=O) groups is 1. The molecule has 1 atom stereocenters. The second-order valence-electron chi connectivity index (χ2n) is 5.88. The average Bonchev–Trinajstić information content (AvgIpc) is 3.18. The van der Waals surface area contributed by atoms with E-state index in [4.69, 9.17) is 4.74 Å². The van der Waals surface area contributed by atoms with Crippen LogP contribution < -0.4 is 4.74 Å². The van der Waals surface area contributed by atoms with Gasteiger partial charge in [-0.2, -0.15) is 22.5 Å². The van der Waals surface area contributed by atoms with Crippen LogP contribution in [0.1, 0.15) is 16.2 Å². The van der Waals surface area contributed by atoms with Gasteiger partial charge in [-0.05, 0) is 36.4 Å². The minimum Gasteiger partial charge on any atom is -0.497 e. The summed E-state index contributed by atoms with van der Waals surface area (Å²) in [5.41, 5.74) is 0.140.